The fourth-order valence-electron chi connectivity index (χ4n) is 2.13. The maximum absolute atomic E-state index is 11.9. The second-order valence-corrected chi connectivity index (χ2v) is 4.54. The smallest absolute Gasteiger partial charge is 0.256 e. The second kappa shape index (κ2) is 4.67. The molecule has 2 rings (SSSR count). The van der Waals surface area contributed by atoms with Crippen LogP contribution in [-0.4, -0.2) is 21.7 Å². The highest BCUT2D eigenvalue weighted by Crippen LogP contribution is 2.32. The fourth-order valence-corrected chi connectivity index (χ4v) is 2.13. The zero-order valence-corrected chi connectivity index (χ0v) is 9.81. The van der Waals surface area contributed by atoms with Gasteiger partial charge in [-0.25, -0.2) is 0 Å². The minimum absolute atomic E-state index is 0.121. The quantitative estimate of drug-likeness (QED) is 0.689. The van der Waals surface area contributed by atoms with Gasteiger partial charge in [-0.3, -0.25) is 4.79 Å². The number of benzene rings is 1. The van der Waals surface area contributed by atoms with Crippen molar-refractivity contribution in [1.29, 1.82) is 5.26 Å². The Balaban J connectivity index is 2.19. The lowest BCUT2D eigenvalue weighted by Gasteiger charge is -2.21. The summed E-state index contributed by atoms with van der Waals surface area (Å²) >= 11 is 0. The van der Waals surface area contributed by atoms with Crippen LogP contribution in [0.3, 0.4) is 0 Å². The molecular weight excluding hydrogens is 232 g/mol. The summed E-state index contributed by atoms with van der Waals surface area (Å²) in [4.78, 5) is 11.9. The molecule has 3 N–H and O–H groups in total. The topological polar surface area (TPSA) is 93.4 Å². The maximum atomic E-state index is 11.9. The molecule has 0 unspecified atom stereocenters. The van der Waals surface area contributed by atoms with Gasteiger partial charge in [0, 0.05) is 0 Å². The molecule has 0 aromatic heterocycles. The number of hydrogen-bond acceptors (Lipinski definition) is 4. The number of amides is 1. The molecule has 1 aromatic rings. The van der Waals surface area contributed by atoms with E-state index in [-0.39, 0.29) is 11.4 Å². The molecule has 5 nitrogen and oxygen atoms in total. The molecule has 5 heteroatoms. The van der Waals surface area contributed by atoms with Crippen molar-refractivity contribution in [3.8, 4) is 11.8 Å². The summed E-state index contributed by atoms with van der Waals surface area (Å²) in [5.74, 6) is -0.644. The Labute approximate surface area is 105 Å². The average molecular weight is 246 g/mol. The standard InChI is InChI=1S/C13H14N2O3/c14-8-9-3-4-11(16)10(7-9)15-12(17)13(18)5-1-2-6-13/h3-4,7,16,18H,1-2,5-6H2,(H,15,17). The van der Waals surface area contributed by atoms with E-state index >= 15 is 0 Å². The molecule has 1 amide bonds. The van der Waals surface area contributed by atoms with Gasteiger partial charge in [0.25, 0.3) is 5.91 Å². The molecule has 1 saturated carbocycles. The van der Waals surface area contributed by atoms with Crippen LogP contribution in [0, 0.1) is 11.3 Å². The Bertz CT molecular complexity index is 513. The van der Waals surface area contributed by atoms with Crippen molar-refractivity contribution in [2.45, 2.75) is 31.3 Å². The number of aliphatic hydroxyl groups is 1. The van der Waals surface area contributed by atoms with Gasteiger partial charge < -0.3 is 15.5 Å². The maximum Gasteiger partial charge on any atom is 0.256 e. The van der Waals surface area contributed by atoms with Crippen LogP contribution in [0.2, 0.25) is 0 Å². The highest BCUT2D eigenvalue weighted by atomic mass is 16.3. The van der Waals surface area contributed by atoms with Crippen LogP contribution in [0.15, 0.2) is 18.2 Å². The molecule has 1 fully saturated rings. The summed E-state index contributed by atoms with van der Waals surface area (Å²) in [6.45, 7) is 0. The Morgan fingerprint density at radius 3 is 2.67 bits per heavy atom. The van der Waals surface area contributed by atoms with Crippen LogP contribution < -0.4 is 5.32 Å². The minimum atomic E-state index is -1.35. The number of nitriles is 1. The third kappa shape index (κ3) is 2.29. The molecule has 0 heterocycles. The van der Waals surface area contributed by atoms with E-state index in [1.165, 1.54) is 18.2 Å². The van der Waals surface area contributed by atoms with Gasteiger partial charge in [0.15, 0.2) is 0 Å². The van der Waals surface area contributed by atoms with Crippen molar-refractivity contribution in [3.63, 3.8) is 0 Å². The van der Waals surface area contributed by atoms with Crippen LogP contribution in [0.5, 0.6) is 5.75 Å². The first-order chi connectivity index (χ1) is 8.55. The highest BCUT2D eigenvalue weighted by molar-refractivity contribution is 5.98. The number of hydrogen-bond donors (Lipinski definition) is 3. The van der Waals surface area contributed by atoms with Crippen molar-refractivity contribution >= 4 is 11.6 Å². The van der Waals surface area contributed by atoms with Crippen molar-refractivity contribution in [2.24, 2.45) is 0 Å². The molecule has 94 valence electrons. The van der Waals surface area contributed by atoms with Crippen molar-refractivity contribution in [2.75, 3.05) is 5.32 Å². The number of anilines is 1. The van der Waals surface area contributed by atoms with E-state index in [0.717, 1.165) is 12.8 Å². The molecule has 0 spiro atoms. The third-order valence-electron chi connectivity index (χ3n) is 3.23. The van der Waals surface area contributed by atoms with Gasteiger partial charge >= 0.3 is 0 Å². The summed E-state index contributed by atoms with van der Waals surface area (Å²) in [5.41, 5.74) is -0.865. The van der Waals surface area contributed by atoms with E-state index < -0.39 is 11.5 Å². The number of phenols is 1. The predicted octanol–water partition coefficient (Wildman–Crippen LogP) is 1.51. The van der Waals surface area contributed by atoms with Gasteiger partial charge in [-0.2, -0.15) is 5.26 Å². The monoisotopic (exact) mass is 246 g/mol. The number of phenolic OH excluding ortho intramolecular Hbond substituents is 1. The summed E-state index contributed by atoms with van der Waals surface area (Å²) in [5, 5.41) is 30.9. The molecule has 0 saturated heterocycles. The van der Waals surface area contributed by atoms with E-state index in [9.17, 15) is 15.0 Å². The Morgan fingerprint density at radius 2 is 2.06 bits per heavy atom. The molecule has 1 aliphatic rings. The second-order valence-electron chi connectivity index (χ2n) is 4.54. The Kier molecular flexibility index (Phi) is 3.21. The molecule has 1 aromatic carbocycles. The lowest BCUT2D eigenvalue weighted by Crippen LogP contribution is -2.40. The first kappa shape index (κ1) is 12.4. The van der Waals surface area contributed by atoms with Crippen LogP contribution in [0.1, 0.15) is 31.2 Å². The SMILES string of the molecule is N#Cc1ccc(O)c(NC(=O)C2(O)CCCC2)c1. The van der Waals surface area contributed by atoms with E-state index in [0.29, 0.717) is 18.4 Å². The van der Waals surface area contributed by atoms with Crippen LogP contribution >= 0.6 is 0 Å². The van der Waals surface area contributed by atoms with E-state index in [4.69, 9.17) is 5.26 Å². The van der Waals surface area contributed by atoms with Gasteiger partial charge in [-0.15, -0.1) is 0 Å². The highest BCUT2D eigenvalue weighted by Gasteiger charge is 2.39. The summed E-state index contributed by atoms with van der Waals surface area (Å²) < 4.78 is 0. The van der Waals surface area contributed by atoms with E-state index in [2.05, 4.69) is 5.32 Å². The third-order valence-corrected chi connectivity index (χ3v) is 3.23. The largest absolute Gasteiger partial charge is 0.506 e. The zero-order chi connectivity index (χ0) is 13.2. The fraction of sp³-hybridized carbons (Fsp3) is 0.385. The van der Waals surface area contributed by atoms with Gasteiger partial charge in [0.05, 0.1) is 17.3 Å². The molecule has 1 aliphatic carbocycles. The van der Waals surface area contributed by atoms with Crippen LogP contribution in [0.25, 0.3) is 0 Å². The van der Waals surface area contributed by atoms with Crippen molar-refractivity contribution in [1.82, 2.24) is 0 Å². The van der Waals surface area contributed by atoms with Gasteiger partial charge in [-0.1, -0.05) is 0 Å². The number of carbonyl (C=O) groups excluding carboxylic acids is 1. The number of aromatic hydroxyl groups is 1. The number of nitrogens with zero attached hydrogens (tertiary/aromatic N) is 1. The molecule has 0 bridgehead atoms. The van der Waals surface area contributed by atoms with Crippen LogP contribution in [-0.2, 0) is 4.79 Å². The molecular formula is C13H14N2O3. The van der Waals surface area contributed by atoms with E-state index in [1.54, 1.807) is 0 Å². The summed E-state index contributed by atoms with van der Waals surface area (Å²) in [7, 11) is 0. The Morgan fingerprint density at radius 1 is 1.39 bits per heavy atom. The Hall–Kier alpha value is -2.06. The normalized spacial score (nSPS) is 17.1. The minimum Gasteiger partial charge on any atom is -0.506 e. The van der Waals surface area contributed by atoms with E-state index in [1.807, 2.05) is 6.07 Å². The number of nitrogens with one attached hydrogen (secondary N) is 1. The predicted molar refractivity (Wildman–Crippen MR) is 64.9 cm³/mol. The lowest BCUT2D eigenvalue weighted by molar-refractivity contribution is -0.133. The molecule has 18 heavy (non-hydrogen) atoms. The number of rotatable bonds is 2. The van der Waals surface area contributed by atoms with Crippen molar-refractivity contribution < 1.29 is 15.0 Å². The summed E-state index contributed by atoms with van der Waals surface area (Å²) in [6, 6.07) is 6.10. The summed E-state index contributed by atoms with van der Waals surface area (Å²) in [6.07, 6.45) is 2.48. The van der Waals surface area contributed by atoms with Gasteiger partial charge in [0.1, 0.15) is 11.4 Å². The van der Waals surface area contributed by atoms with Gasteiger partial charge in [0.2, 0.25) is 0 Å². The van der Waals surface area contributed by atoms with Crippen molar-refractivity contribution in [3.05, 3.63) is 23.8 Å². The average Bonchev–Trinajstić information content (AvgIpc) is 2.80. The molecule has 0 atom stereocenters. The van der Waals surface area contributed by atoms with Gasteiger partial charge in [-0.05, 0) is 43.9 Å². The van der Waals surface area contributed by atoms with Crippen LogP contribution in [0.4, 0.5) is 5.69 Å². The molecule has 0 radical (unpaired) electrons. The molecule has 0 aliphatic heterocycles. The first-order valence-corrected chi connectivity index (χ1v) is 5.82. The number of carbonyl (C=O) groups is 1. The zero-order valence-electron chi connectivity index (χ0n) is 9.81. The first-order valence-electron chi connectivity index (χ1n) is 5.82. The lowest BCUT2D eigenvalue weighted by atomic mass is 10.0.